The summed E-state index contributed by atoms with van der Waals surface area (Å²) in [4.78, 5) is 10.7. The Labute approximate surface area is 117 Å². The third-order valence-electron chi connectivity index (χ3n) is 2.97. The van der Waals surface area contributed by atoms with Gasteiger partial charge in [0.25, 0.3) is 0 Å². The van der Waals surface area contributed by atoms with Crippen LogP contribution in [0.3, 0.4) is 0 Å². The summed E-state index contributed by atoms with van der Waals surface area (Å²) in [7, 11) is 0. The topological polar surface area (TPSA) is 81.1 Å². The number of carboxylic acids is 1. The van der Waals surface area contributed by atoms with Crippen LogP contribution in [0.2, 0.25) is 0 Å². The summed E-state index contributed by atoms with van der Waals surface area (Å²) >= 11 is 0. The van der Waals surface area contributed by atoms with Crippen LogP contribution in [0.4, 0.5) is 5.69 Å². The van der Waals surface area contributed by atoms with E-state index >= 15 is 0 Å². The van der Waals surface area contributed by atoms with Gasteiger partial charge in [-0.05, 0) is 31.5 Å². The van der Waals surface area contributed by atoms with E-state index in [9.17, 15) is 4.79 Å². The fourth-order valence-electron chi connectivity index (χ4n) is 1.79. The predicted molar refractivity (Wildman–Crippen MR) is 75.9 cm³/mol. The molecule has 0 unspecified atom stereocenters. The maximum atomic E-state index is 10.7. The number of nitrogens with two attached hydrogens (primary N) is 1. The molecule has 0 saturated heterocycles. The van der Waals surface area contributed by atoms with Crippen LogP contribution in [0.25, 0.3) is 0 Å². The number of halogens is 1. The highest BCUT2D eigenvalue weighted by atomic mass is 35.5. The highest BCUT2D eigenvalue weighted by Crippen LogP contribution is 2.16. The highest BCUT2D eigenvalue weighted by Gasteiger charge is 2.08. The smallest absolute Gasteiger partial charge is 0.335 e. The number of rotatable bonds is 3. The van der Waals surface area contributed by atoms with E-state index < -0.39 is 5.97 Å². The molecule has 1 heterocycles. The lowest BCUT2D eigenvalue weighted by Crippen LogP contribution is -2.05. The highest BCUT2D eigenvalue weighted by molar-refractivity contribution is 5.87. The first-order valence-corrected chi connectivity index (χ1v) is 5.60. The number of carbonyl (C=O) groups is 1. The molecule has 3 N–H and O–H groups in total. The first kappa shape index (κ1) is 15.0. The van der Waals surface area contributed by atoms with Crippen LogP contribution in [0.1, 0.15) is 27.3 Å². The monoisotopic (exact) mass is 281 g/mol. The molecule has 6 heteroatoms. The number of nitrogens with zero attached hydrogens (tertiary/aromatic N) is 2. The Kier molecular flexibility index (Phi) is 4.56. The number of aromatic carboxylic acids is 1. The second-order valence-electron chi connectivity index (χ2n) is 4.24. The Morgan fingerprint density at radius 1 is 1.32 bits per heavy atom. The second-order valence-corrected chi connectivity index (χ2v) is 4.24. The normalized spacial score (nSPS) is 10.0. The number of aromatic nitrogens is 2. The molecule has 0 atom stereocenters. The van der Waals surface area contributed by atoms with E-state index in [0.717, 1.165) is 17.0 Å². The largest absolute Gasteiger partial charge is 0.478 e. The minimum Gasteiger partial charge on any atom is -0.478 e. The molecule has 0 aliphatic heterocycles. The summed E-state index contributed by atoms with van der Waals surface area (Å²) < 4.78 is 1.82. The van der Waals surface area contributed by atoms with Crippen LogP contribution < -0.4 is 5.73 Å². The van der Waals surface area contributed by atoms with E-state index in [2.05, 4.69) is 5.10 Å². The Balaban J connectivity index is 0.00000180. The van der Waals surface area contributed by atoms with Crippen LogP contribution in [0, 0.1) is 13.8 Å². The molecule has 5 nitrogen and oxygen atoms in total. The number of nitrogen functional groups attached to an aromatic ring is 1. The van der Waals surface area contributed by atoms with Gasteiger partial charge in [-0.25, -0.2) is 4.79 Å². The fraction of sp³-hybridized carbons (Fsp3) is 0.231. The fourth-order valence-corrected chi connectivity index (χ4v) is 1.79. The van der Waals surface area contributed by atoms with Crippen LogP contribution in [0.5, 0.6) is 0 Å². The molecule has 2 aromatic rings. The maximum absolute atomic E-state index is 10.7. The molecule has 0 aliphatic carbocycles. The summed E-state index contributed by atoms with van der Waals surface area (Å²) in [6.07, 6.45) is 0. The van der Waals surface area contributed by atoms with Gasteiger partial charge >= 0.3 is 5.97 Å². The Hall–Kier alpha value is -2.01. The van der Waals surface area contributed by atoms with Crippen molar-refractivity contribution in [1.82, 2.24) is 9.78 Å². The van der Waals surface area contributed by atoms with Crippen molar-refractivity contribution in [3.8, 4) is 0 Å². The number of hydrogen-bond donors (Lipinski definition) is 2. The second kappa shape index (κ2) is 5.75. The van der Waals surface area contributed by atoms with Crippen molar-refractivity contribution < 1.29 is 9.90 Å². The maximum Gasteiger partial charge on any atom is 0.335 e. The molecule has 2 rings (SSSR count). The van der Waals surface area contributed by atoms with Crippen molar-refractivity contribution in [3.05, 3.63) is 46.8 Å². The van der Waals surface area contributed by atoms with Crippen molar-refractivity contribution in [2.75, 3.05) is 5.73 Å². The molecule has 0 spiro atoms. The van der Waals surface area contributed by atoms with E-state index in [0.29, 0.717) is 12.2 Å². The number of hydrogen-bond acceptors (Lipinski definition) is 3. The van der Waals surface area contributed by atoms with Gasteiger partial charge in [0, 0.05) is 0 Å². The lowest BCUT2D eigenvalue weighted by atomic mass is 10.1. The summed E-state index contributed by atoms with van der Waals surface area (Å²) in [5, 5.41) is 13.2. The van der Waals surface area contributed by atoms with Gasteiger partial charge in [0.05, 0.1) is 29.2 Å². The van der Waals surface area contributed by atoms with Crippen molar-refractivity contribution in [2.45, 2.75) is 20.4 Å². The molecule has 0 saturated carbocycles. The third kappa shape index (κ3) is 3.06. The zero-order valence-corrected chi connectivity index (χ0v) is 11.6. The van der Waals surface area contributed by atoms with Crippen LogP contribution in [-0.4, -0.2) is 20.9 Å². The Morgan fingerprint density at radius 2 is 1.89 bits per heavy atom. The van der Waals surface area contributed by atoms with Gasteiger partial charge in [0.2, 0.25) is 0 Å². The summed E-state index contributed by atoms with van der Waals surface area (Å²) in [5.74, 6) is -0.920. The third-order valence-corrected chi connectivity index (χ3v) is 2.97. The summed E-state index contributed by atoms with van der Waals surface area (Å²) in [5.41, 5.74) is 9.58. The quantitative estimate of drug-likeness (QED) is 0.904. The lowest BCUT2D eigenvalue weighted by molar-refractivity contribution is 0.0697. The minimum atomic E-state index is -0.920. The van der Waals surface area contributed by atoms with Gasteiger partial charge in [0.15, 0.2) is 0 Å². The molecule has 0 amide bonds. The number of carboxylic acid groups (broad SMARTS) is 1. The van der Waals surface area contributed by atoms with E-state index in [4.69, 9.17) is 10.8 Å². The van der Waals surface area contributed by atoms with Crippen molar-refractivity contribution in [3.63, 3.8) is 0 Å². The van der Waals surface area contributed by atoms with Crippen LogP contribution in [0.15, 0.2) is 24.3 Å². The van der Waals surface area contributed by atoms with E-state index in [1.54, 1.807) is 24.3 Å². The van der Waals surface area contributed by atoms with Gasteiger partial charge < -0.3 is 10.8 Å². The van der Waals surface area contributed by atoms with Gasteiger partial charge in [-0.2, -0.15) is 5.10 Å². The summed E-state index contributed by atoms with van der Waals surface area (Å²) in [6.45, 7) is 4.37. The molecule has 0 aliphatic rings. The Bertz CT molecular complexity index is 591. The molecule has 1 aromatic carbocycles. The SMILES string of the molecule is Cc1nn(Cc2ccc(C(=O)O)cc2)c(C)c1N.Cl. The van der Waals surface area contributed by atoms with E-state index in [1.807, 2.05) is 18.5 Å². The number of anilines is 1. The molecule has 19 heavy (non-hydrogen) atoms. The zero-order valence-electron chi connectivity index (χ0n) is 10.8. The van der Waals surface area contributed by atoms with E-state index in [-0.39, 0.29) is 18.0 Å². The first-order chi connectivity index (χ1) is 8.49. The van der Waals surface area contributed by atoms with Gasteiger partial charge in [-0.1, -0.05) is 12.1 Å². The predicted octanol–water partition coefficient (Wildman–Crippen LogP) is 2.25. The van der Waals surface area contributed by atoms with Crippen molar-refractivity contribution in [1.29, 1.82) is 0 Å². The molecule has 0 radical (unpaired) electrons. The van der Waals surface area contributed by atoms with Gasteiger partial charge in [0.1, 0.15) is 0 Å². The molecule has 102 valence electrons. The molecule has 0 bridgehead atoms. The van der Waals surface area contributed by atoms with Crippen molar-refractivity contribution in [2.24, 2.45) is 0 Å². The molecule has 1 aromatic heterocycles. The molecular weight excluding hydrogens is 266 g/mol. The first-order valence-electron chi connectivity index (χ1n) is 5.60. The zero-order chi connectivity index (χ0) is 13.3. The summed E-state index contributed by atoms with van der Waals surface area (Å²) in [6, 6.07) is 6.76. The van der Waals surface area contributed by atoms with Crippen LogP contribution >= 0.6 is 12.4 Å². The standard InChI is InChI=1S/C13H15N3O2.ClH/c1-8-12(14)9(2)16(15-8)7-10-3-5-11(6-4-10)13(17)18;/h3-6H,7,14H2,1-2H3,(H,17,18);1H. The van der Waals surface area contributed by atoms with Crippen LogP contribution in [-0.2, 0) is 6.54 Å². The average Bonchev–Trinajstić information content (AvgIpc) is 2.58. The molecular formula is C13H16ClN3O2. The molecule has 0 fully saturated rings. The van der Waals surface area contributed by atoms with E-state index in [1.165, 1.54) is 0 Å². The number of benzene rings is 1. The van der Waals surface area contributed by atoms with Crippen molar-refractivity contribution >= 4 is 24.1 Å². The minimum absolute atomic E-state index is 0. The lowest BCUT2D eigenvalue weighted by Gasteiger charge is -2.05. The average molecular weight is 282 g/mol. The Morgan fingerprint density at radius 3 is 2.32 bits per heavy atom. The van der Waals surface area contributed by atoms with Gasteiger partial charge in [-0.3, -0.25) is 4.68 Å². The number of aryl methyl sites for hydroxylation is 1. The van der Waals surface area contributed by atoms with Gasteiger partial charge in [-0.15, -0.1) is 12.4 Å².